The highest BCUT2D eigenvalue weighted by molar-refractivity contribution is 4.78. The first-order chi connectivity index (χ1) is 8.39. The molecule has 0 aliphatic heterocycles. The third-order valence-electron chi connectivity index (χ3n) is 4.96. The average molecular weight is 256 g/mol. The molecule has 0 aromatic rings. The summed E-state index contributed by atoms with van der Waals surface area (Å²) in [5.74, 6) is 2.03. The molecule has 1 N–H and O–H groups in total. The Balaban J connectivity index is 2.38. The van der Waals surface area contributed by atoms with Crippen molar-refractivity contribution in [3.8, 4) is 0 Å². The Bertz CT molecular complexity index is 229. The number of rotatable bonds is 6. The zero-order chi connectivity index (χ0) is 13.8. The summed E-state index contributed by atoms with van der Waals surface area (Å²) in [6.07, 6.45) is 6.40. The van der Waals surface area contributed by atoms with Gasteiger partial charge < -0.3 is 9.84 Å². The van der Waals surface area contributed by atoms with E-state index in [0.717, 1.165) is 31.1 Å². The Kier molecular flexibility index (Phi) is 6.13. The van der Waals surface area contributed by atoms with Gasteiger partial charge in [-0.05, 0) is 57.8 Å². The molecule has 0 radical (unpaired) electrons. The molecule has 2 unspecified atom stereocenters. The Morgan fingerprint density at radius 3 is 2.06 bits per heavy atom. The molecule has 0 heterocycles. The van der Waals surface area contributed by atoms with Gasteiger partial charge in [0.15, 0.2) is 6.29 Å². The highest BCUT2D eigenvalue weighted by Crippen LogP contribution is 2.37. The Labute approximate surface area is 113 Å². The molecule has 0 spiro atoms. The molecule has 1 fully saturated rings. The van der Waals surface area contributed by atoms with E-state index in [1.54, 1.807) is 0 Å². The van der Waals surface area contributed by atoms with E-state index < -0.39 is 6.29 Å². The number of hydrogen-bond acceptors (Lipinski definition) is 2. The van der Waals surface area contributed by atoms with E-state index in [-0.39, 0.29) is 5.60 Å². The standard InChI is InChI=1S/C16H32O2/c1-6-12(3)13-8-10-14(11-9-13)15(17)18-16(4,5)7-2/h12-15,17H,6-11H2,1-5H3. The van der Waals surface area contributed by atoms with Gasteiger partial charge in [-0.1, -0.05) is 27.2 Å². The lowest BCUT2D eigenvalue weighted by Crippen LogP contribution is -2.36. The van der Waals surface area contributed by atoms with Crippen LogP contribution in [0.15, 0.2) is 0 Å². The summed E-state index contributed by atoms with van der Waals surface area (Å²) >= 11 is 0. The predicted molar refractivity (Wildman–Crippen MR) is 76.4 cm³/mol. The molecule has 0 bridgehead atoms. The minimum atomic E-state index is -0.571. The van der Waals surface area contributed by atoms with Crippen molar-refractivity contribution in [1.82, 2.24) is 0 Å². The van der Waals surface area contributed by atoms with E-state index >= 15 is 0 Å². The van der Waals surface area contributed by atoms with E-state index in [0.29, 0.717) is 5.92 Å². The molecule has 2 heteroatoms. The van der Waals surface area contributed by atoms with Crippen molar-refractivity contribution in [1.29, 1.82) is 0 Å². The van der Waals surface area contributed by atoms with E-state index in [9.17, 15) is 5.11 Å². The maximum atomic E-state index is 10.2. The van der Waals surface area contributed by atoms with Crippen LogP contribution in [0.25, 0.3) is 0 Å². The molecule has 0 saturated heterocycles. The largest absolute Gasteiger partial charge is 0.368 e. The Hall–Kier alpha value is -0.0800. The van der Waals surface area contributed by atoms with Crippen molar-refractivity contribution in [2.24, 2.45) is 17.8 Å². The van der Waals surface area contributed by atoms with Crippen LogP contribution in [0.3, 0.4) is 0 Å². The molecule has 2 nitrogen and oxygen atoms in total. The van der Waals surface area contributed by atoms with Gasteiger partial charge in [-0.25, -0.2) is 0 Å². The maximum absolute atomic E-state index is 10.2. The number of aliphatic hydroxyl groups is 1. The highest BCUT2D eigenvalue weighted by Gasteiger charge is 2.31. The average Bonchev–Trinajstić information content (AvgIpc) is 2.37. The molecule has 0 amide bonds. The van der Waals surface area contributed by atoms with Gasteiger partial charge in [-0.2, -0.15) is 0 Å². The molecule has 2 atom stereocenters. The second-order valence-corrected chi connectivity index (χ2v) is 6.68. The lowest BCUT2D eigenvalue weighted by atomic mass is 9.75. The van der Waals surface area contributed by atoms with Crippen molar-refractivity contribution in [3.05, 3.63) is 0 Å². The van der Waals surface area contributed by atoms with Crippen LogP contribution >= 0.6 is 0 Å². The lowest BCUT2D eigenvalue weighted by molar-refractivity contribution is -0.204. The monoisotopic (exact) mass is 256 g/mol. The van der Waals surface area contributed by atoms with Crippen LogP contribution in [0.5, 0.6) is 0 Å². The molecule has 108 valence electrons. The molecule has 1 rings (SSSR count). The molecule has 18 heavy (non-hydrogen) atoms. The first-order valence-corrected chi connectivity index (χ1v) is 7.75. The van der Waals surface area contributed by atoms with E-state index in [4.69, 9.17) is 4.74 Å². The molecule has 1 aliphatic carbocycles. The zero-order valence-corrected chi connectivity index (χ0v) is 12.9. The summed E-state index contributed by atoms with van der Waals surface area (Å²) in [5, 5.41) is 10.2. The Morgan fingerprint density at radius 2 is 1.61 bits per heavy atom. The summed E-state index contributed by atoms with van der Waals surface area (Å²) in [4.78, 5) is 0. The normalized spacial score (nSPS) is 29.0. The van der Waals surface area contributed by atoms with Crippen LogP contribution in [0.1, 0.15) is 73.1 Å². The fourth-order valence-corrected chi connectivity index (χ4v) is 2.84. The van der Waals surface area contributed by atoms with Gasteiger partial charge in [0.05, 0.1) is 5.60 Å². The van der Waals surface area contributed by atoms with Crippen molar-refractivity contribution >= 4 is 0 Å². The predicted octanol–water partition coefficient (Wildman–Crippen LogP) is 4.36. The second kappa shape index (κ2) is 6.91. The number of aliphatic hydroxyl groups excluding tert-OH is 1. The van der Waals surface area contributed by atoms with Crippen LogP contribution in [0, 0.1) is 17.8 Å². The van der Waals surface area contributed by atoms with Crippen LogP contribution < -0.4 is 0 Å². The maximum Gasteiger partial charge on any atom is 0.158 e. The van der Waals surface area contributed by atoms with Crippen molar-refractivity contribution in [2.75, 3.05) is 0 Å². The third kappa shape index (κ3) is 4.55. The SMILES string of the molecule is CCC(C)C1CCC(C(O)OC(C)(C)CC)CC1. The van der Waals surface area contributed by atoms with Gasteiger partial charge in [0.2, 0.25) is 0 Å². The summed E-state index contributed by atoms with van der Waals surface area (Å²) in [6, 6.07) is 0. The summed E-state index contributed by atoms with van der Waals surface area (Å²) in [7, 11) is 0. The van der Waals surface area contributed by atoms with E-state index in [1.165, 1.54) is 19.3 Å². The second-order valence-electron chi connectivity index (χ2n) is 6.68. The molecule has 1 saturated carbocycles. The van der Waals surface area contributed by atoms with E-state index in [2.05, 4.69) is 34.6 Å². The van der Waals surface area contributed by atoms with Gasteiger partial charge in [-0.3, -0.25) is 0 Å². The molecule has 0 aromatic carbocycles. The summed E-state index contributed by atoms with van der Waals surface area (Å²) in [6.45, 7) is 10.9. The number of hydrogen-bond donors (Lipinski definition) is 1. The minimum absolute atomic E-state index is 0.201. The molecule has 1 aliphatic rings. The van der Waals surface area contributed by atoms with Crippen LogP contribution in [-0.4, -0.2) is 17.0 Å². The zero-order valence-electron chi connectivity index (χ0n) is 12.9. The van der Waals surface area contributed by atoms with Gasteiger partial charge in [-0.15, -0.1) is 0 Å². The van der Waals surface area contributed by atoms with Gasteiger partial charge >= 0.3 is 0 Å². The van der Waals surface area contributed by atoms with Gasteiger partial charge in [0.25, 0.3) is 0 Å². The van der Waals surface area contributed by atoms with Crippen LogP contribution in [0.2, 0.25) is 0 Å². The fraction of sp³-hybridized carbons (Fsp3) is 1.00. The van der Waals surface area contributed by atoms with Crippen molar-refractivity contribution in [3.63, 3.8) is 0 Å². The Morgan fingerprint density at radius 1 is 1.11 bits per heavy atom. The van der Waals surface area contributed by atoms with Gasteiger partial charge in [0, 0.05) is 5.92 Å². The van der Waals surface area contributed by atoms with Gasteiger partial charge in [0.1, 0.15) is 0 Å². The molecular weight excluding hydrogens is 224 g/mol. The van der Waals surface area contributed by atoms with Crippen LogP contribution in [-0.2, 0) is 4.74 Å². The summed E-state index contributed by atoms with van der Waals surface area (Å²) < 4.78 is 5.80. The fourth-order valence-electron chi connectivity index (χ4n) is 2.84. The quantitative estimate of drug-likeness (QED) is 0.715. The highest BCUT2D eigenvalue weighted by atomic mass is 16.6. The first kappa shape index (κ1) is 16.0. The minimum Gasteiger partial charge on any atom is -0.368 e. The number of ether oxygens (including phenoxy) is 1. The molecular formula is C16H32O2. The molecule has 0 aromatic heterocycles. The third-order valence-corrected chi connectivity index (χ3v) is 4.96. The topological polar surface area (TPSA) is 29.5 Å². The van der Waals surface area contributed by atoms with Crippen molar-refractivity contribution in [2.45, 2.75) is 85.0 Å². The van der Waals surface area contributed by atoms with E-state index in [1.807, 2.05) is 0 Å². The first-order valence-electron chi connectivity index (χ1n) is 7.75. The summed E-state index contributed by atoms with van der Waals surface area (Å²) in [5.41, 5.74) is -0.201. The smallest absolute Gasteiger partial charge is 0.158 e. The lowest BCUT2D eigenvalue weighted by Gasteiger charge is -2.36. The van der Waals surface area contributed by atoms with Crippen LogP contribution in [0.4, 0.5) is 0 Å². The van der Waals surface area contributed by atoms with Crippen molar-refractivity contribution < 1.29 is 9.84 Å².